The fourth-order valence-corrected chi connectivity index (χ4v) is 4.00. The van der Waals surface area contributed by atoms with Crippen molar-refractivity contribution in [2.24, 2.45) is 0 Å². The molecule has 0 atom stereocenters. The molecule has 0 saturated heterocycles. The number of rotatable bonds is 5. The second-order valence-electron chi connectivity index (χ2n) is 8.09. The second kappa shape index (κ2) is 8.35. The molecule has 3 aromatic carbocycles. The number of benzene rings is 3. The number of nitrogens with one attached hydrogen (secondary N) is 1. The van der Waals surface area contributed by atoms with Crippen molar-refractivity contribution in [3.05, 3.63) is 94.2 Å². The van der Waals surface area contributed by atoms with Gasteiger partial charge in [0.25, 0.3) is 11.8 Å². The molecule has 5 nitrogen and oxygen atoms in total. The van der Waals surface area contributed by atoms with Gasteiger partial charge in [0.1, 0.15) is 11.4 Å². The van der Waals surface area contributed by atoms with Gasteiger partial charge in [0.2, 0.25) is 0 Å². The van der Waals surface area contributed by atoms with Crippen LogP contribution in [-0.2, 0) is 9.59 Å². The third-order valence-electron chi connectivity index (χ3n) is 5.91. The Morgan fingerprint density at radius 3 is 2.19 bits per heavy atom. The molecule has 1 aliphatic rings. The first-order chi connectivity index (χ1) is 15.3. The van der Waals surface area contributed by atoms with Crippen molar-refractivity contribution >= 4 is 28.8 Å². The Morgan fingerprint density at radius 1 is 0.812 bits per heavy atom. The Balaban J connectivity index is 1.86. The van der Waals surface area contributed by atoms with Gasteiger partial charge in [-0.25, -0.2) is 4.90 Å². The Kier molecular flexibility index (Phi) is 5.57. The fourth-order valence-electron chi connectivity index (χ4n) is 4.00. The molecule has 1 heterocycles. The third-order valence-corrected chi connectivity index (χ3v) is 5.91. The van der Waals surface area contributed by atoms with Gasteiger partial charge < -0.3 is 10.1 Å². The molecule has 0 aliphatic carbocycles. The molecule has 2 amide bonds. The molecule has 5 heteroatoms. The van der Waals surface area contributed by atoms with E-state index in [1.165, 1.54) is 4.90 Å². The predicted octanol–water partition coefficient (Wildman–Crippen LogP) is 5.33. The monoisotopic (exact) mass is 426 g/mol. The van der Waals surface area contributed by atoms with Gasteiger partial charge in [0.05, 0.1) is 18.4 Å². The van der Waals surface area contributed by atoms with Crippen molar-refractivity contribution in [2.75, 3.05) is 17.3 Å². The zero-order valence-electron chi connectivity index (χ0n) is 18.9. The second-order valence-corrected chi connectivity index (χ2v) is 8.09. The highest BCUT2D eigenvalue weighted by Crippen LogP contribution is 2.37. The number of ether oxygens (including phenoxy) is 1. The molecule has 162 valence electrons. The van der Waals surface area contributed by atoms with E-state index in [2.05, 4.69) is 5.32 Å². The van der Waals surface area contributed by atoms with Crippen LogP contribution in [0.25, 0.3) is 5.57 Å². The number of anilines is 2. The number of carbonyl (C=O) groups excluding carboxylic acids is 2. The van der Waals surface area contributed by atoms with E-state index in [0.717, 1.165) is 27.8 Å². The highest BCUT2D eigenvalue weighted by molar-refractivity contribution is 6.46. The van der Waals surface area contributed by atoms with E-state index >= 15 is 0 Å². The van der Waals surface area contributed by atoms with E-state index < -0.39 is 0 Å². The predicted molar refractivity (Wildman–Crippen MR) is 128 cm³/mol. The van der Waals surface area contributed by atoms with Crippen molar-refractivity contribution in [1.29, 1.82) is 0 Å². The molecule has 0 saturated carbocycles. The lowest BCUT2D eigenvalue weighted by atomic mass is 9.97. The lowest BCUT2D eigenvalue weighted by Crippen LogP contribution is -2.33. The quantitative estimate of drug-likeness (QED) is 0.561. The van der Waals surface area contributed by atoms with Crippen LogP contribution in [0.15, 0.2) is 66.4 Å². The minimum absolute atomic E-state index is 0.271. The van der Waals surface area contributed by atoms with E-state index in [1.54, 1.807) is 7.11 Å². The first kappa shape index (κ1) is 21.4. The van der Waals surface area contributed by atoms with E-state index in [4.69, 9.17) is 4.74 Å². The van der Waals surface area contributed by atoms with E-state index in [-0.39, 0.29) is 17.5 Å². The van der Waals surface area contributed by atoms with Gasteiger partial charge in [-0.15, -0.1) is 0 Å². The van der Waals surface area contributed by atoms with Gasteiger partial charge in [-0.1, -0.05) is 35.9 Å². The molecule has 0 aromatic heterocycles. The number of carbonyl (C=O) groups is 2. The highest BCUT2D eigenvalue weighted by Gasteiger charge is 2.41. The van der Waals surface area contributed by atoms with Crippen molar-refractivity contribution in [2.45, 2.75) is 27.7 Å². The van der Waals surface area contributed by atoms with Gasteiger partial charge in [0.15, 0.2) is 0 Å². The van der Waals surface area contributed by atoms with Crippen LogP contribution in [0.1, 0.15) is 27.8 Å². The van der Waals surface area contributed by atoms with Crippen LogP contribution in [0.3, 0.4) is 0 Å². The molecule has 32 heavy (non-hydrogen) atoms. The molecule has 1 aliphatic heterocycles. The Hall–Kier alpha value is -3.86. The van der Waals surface area contributed by atoms with Gasteiger partial charge in [-0.05, 0) is 80.3 Å². The molecule has 0 fully saturated rings. The highest BCUT2D eigenvalue weighted by atomic mass is 16.5. The van der Waals surface area contributed by atoms with Crippen molar-refractivity contribution in [3.8, 4) is 5.75 Å². The number of methoxy groups -OCH3 is 1. The molecular weight excluding hydrogens is 400 g/mol. The summed E-state index contributed by atoms with van der Waals surface area (Å²) in [6.07, 6.45) is 0. The minimum atomic E-state index is -0.366. The Bertz CT molecular complexity index is 1260. The average molecular weight is 427 g/mol. The van der Waals surface area contributed by atoms with E-state index in [9.17, 15) is 9.59 Å². The summed E-state index contributed by atoms with van der Waals surface area (Å²) in [7, 11) is 1.60. The number of hydrogen-bond donors (Lipinski definition) is 1. The van der Waals surface area contributed by atoms with Crippen molar-refractivity contribution < 1.29 is 14.3 Å². The normalized spacial score (nSPS) is 13.7. The number of aryl methyl sites for hydroxylation is 3. The molecule has 0 unspecified atom stereocenters. The summed E-state index contributed by atoms with van der Waals surface area (Å²) in [5, 5.41) is 3.21. The number of nitrogens with zero attached hydrogens (tertiary/aromatic N) is 1. The Morgan fingerprint density at radius 2 is 1.53 bits per heavy atom. The summed E-state index contributed by atoms with van der Waals surface area (Å²) in [5.41, 5.74) is 6.67. The number of imide groups is 1. The maximum atomic E-state index is 13.7. The SMILES string of the molecule is COc1ccc(NC2=C(c3ccc(C)cc3C)C(=O)N(c3cccc(C)c3C)C2=O)cc1. The van der Waals surface area contributed by atoms with Gasteiger partial charge in [0, 0.05) is 5.69 Å². The number of hydrogen-bond acceptors (Lipinski definition) is 4. The van der Waals surface area contributed by atoms with Crippen LogP contribution >= 0.6 is 0 Å². The van der Waals surface area contributed by atoms with Crippen LogP contribution in [-0.4, -0.2) is 18.9 Å². The third kappa shape index (κ3) is 3.66. The van der Waals surface area contributed by atoms with Crippen LogP contribution in [0, 0.1) is 27.7 Å². The van der Waals surface area contributed by atoms with Crippen LogP contribution in [0.4, 0.5) is 11.4 Å². The van der Waals surface area contributed by atoms with Crippen LogP contribution < -0.4 is 15.0 Å². The zero-order valence-corrected chi connectivity index (χ0v) is 18.9. The first-order valence-corrected chi connectivity index (χ1v) is 10.5. The van der Waals surface area contributed by atoms with E-state index in [0.29, 0.717) is 22.7 Å². The van der Waals surface area contributed by atoms with Gasteiger partial charge >= 0.3 is 0 Å². The summed E-state index contributed by atoms with van der Waals surface area (Å²) in [5.74, 6) is 0.0196. The minimum Gasteiger partial charge on any atom is -0.497 e. The molecular formula is C27H26N2O3. The summed E-state index contributed by atoms with van der Waals surface area (Å²) in [6.45, 7) is 7.86. The lowest BCUT2D eigenvalue weighted by Gasteiger charge is -2.19. The molecule has 3 aromatic rings. The summed E-state index contributed by atoms with van der Waals surface area (Å²) < 4.78 is 5.22. The standard InChI is InChI=1S/C27H26N2O3/c1-16-9-14-22(18(3)15-16)24-25(28-20-10-12-21(32-5)13-11-20)27(31)29(26(24)30)23-8-6-7-17(2)19(23)4/h6-15,28H,1-5H3. The van der Waals surface area contributed by atoms with Gasteiger partial charge in [-0.3, -0.25) is 9.59 Å². The topological polar surface area (TPSA) is 58.6 Å². The zero-order chi connectivity index (χ0) is 23.0. The molecule has 1 N–H and O–H groups in total. The van der Waals surface area contributed by atoms with Crippen molar-refractivity contribution in [3.63, 3.8) is 0 Å². The van der Waals surface area contributed by atoms with Crippen LogP contribution in [0.5, 0.6) is 5.75 Å². The summed E-state index contributed by atoms with van der Waals surface area (Å²) >= 11 is 0. The maximum absolute atomic E-state index is 13.7. The van der Waals surface area contributed by atoms with Gasteiger partial charge in [-0.2, -0.15) is 0 Å². The first-order valence-electron chi connectivity index (χ1n) is 10.5. The van der Waals surface area contributed by atoms with Crippen LogP contribution in [0.2, 0.25) is 0 Å². The molecule has 0 radical (unpaired) electrons. The smallest absolute Gasteiger partial charge is 0.282 e. The van der Waals surface area contributed by atoms with Crippen molar-refractivity contribution in [1.82, 2.24) is 0 Å². The Labute approximate surface area is 188 Å². The largest absolute Gasteiger partial charge is 0.497 e. The lowest BCUT2D eigenvalue weighted by molar-refractivity contribution is -0.120. The molecule has 0 bridgehead atoms. The van der Waals surface area contributed by atoms with E-state index in [1.807, 2.05) is 88.4 Å². The fraction of sp³-hybridized carbons (Fsp3) is 0.185. The maximum Gasteiger partial charge on any atom is 0.282 e. The number of amides is 2. The summed E-state index contributed by atoms with van der Waals surface area (Å²) in [6, 6.07) is 18.8. The molecule has 4 rings (SSSR count). The average Bonchev–Trinajstić information content (AvgIpc) is 3.00. The molecule has 0 spiro atoms. The summed E-state index contributed by atoms with van der Waals surface area (Å²) in [4.78, 5) is 28.6.